The highest BCUT2D eigenvalue weighted by Crippen LogP contribution is 2.11. The van der Waals surface area contributed by atoms with E-state index >= 15 is 0 Å². The van der Waals surface area contributed by atoms with Crippen LogP contribution in [0.15, 0.2) is 0 Å². The van der Waals surface area contributed by atoms with Crippen molar-refractivity contribution in [2.45, 2.75) is 25.6 Å². The van der Waals surface area contributed by atoms with Gasteiger partial charge in [0.05, 0.1) is 0 Å². The monoisotopic (exact) mass is 178 g/mol. The Labute approximate surface area is 70.3 Å². The molecule has 1 N–H and O–H groups in total. The number of aliphatic carboxylic acids is 1. The number of rotatable bonds is 4. The van der Waals surface area contributed by atoms with Crippen LogP contribution in [-0.4, -0.2) is 22.2 Å². The summed E-state index contributed by atoms with van der Waals surface area (Å²) in [4.78, 5) is 20.7. The van der Waals surface area contributed by atoms with Gasteiger partial charge in [-0.05, 0) is 12.3 Å². The van der Waals surface area contributed by atoms with E-state index in [1.807, 2.05) is 13.8 Å². The molecule has 0 heterocycles. The zero-order chi connectivity index (χ0) is 9.02. The maximum absolute atomic E-state index is 10.6. The van der Waals surface area contributed by atoms with Crippen LogP contribution >= 0.6 is 11.6 Å². The van der Waals surface area contributed by atoms with Crippen LogP contribution in [0.5, 0.6) is 0 Å². The Kier molecular flexibility index (Phi) is 4.11. The first-order chi connectivity index (χ1) is 4.95. The van der Waals surface area contributed by atoms with Crippen LogP contribution in [0.2, 0.25) is 0 Å². The van der Waals surface area contributed by atoms with E-state index in [-0.39, 0.29) is 5.92 Å². The van der Waals surface area contributed by atoms with Gasteiger partial charge in [-0.1, -0.05) is 13.8 Å². The second-order valence-electron chi connectivity index (χ2n) is 2.77. The van der Waals surface area contributed by atoms with Crippen molar-refractivity contribution in [1.82, 2.24) is 0 Å². The summed E-state index contributed by atoms with van der Waals surface area (Å²) in [6.07, 6.45) is 0.409. The molecule has 0 rings (SSSR count). The molecule has 0 amide bonds. The Morgan fingerprint density at radius 3 is 2.18 bits per heavy atom. The minimum atomic E-state index is -1.45. The van der Waals surface area contributed by atoms with Crippen molar-refractivity contribution in [3.8, 4) is 0 Å². The Hall–Kier alpha value is -0.570. The molecule has 0 aromatic heterocycles. The first-order valence-corrected chi connectivity index (χ1v) is 3.80. The molecular formula is C7H11ClO3. The van der Waals surface area contributed by atoms with Gasteiger partial charge in [-0.2, -0.15) is 0 Å². The zero-order valence-corrected chi connectivity index (χ0v) is 7.26. The number of Topliss-reactive ketones (excluding diaryl/α,β-unsaturated/α-hetero) is 1. The summed E-state index contributed by atoms with van der Waals surface area (Å²) < 4.78 is 0. The van der Waals surface area contributed by atoms with E-state index in [4.69, 9.17) is 16.7 Å². The summed E-state index contributed by atoms with van der Waals surface area (Å²) in [5.41, 5.74) is 0. The molecule has 0 radical (unpaired) electrons. The number of carbonyl (C=O) groups excluding carboxylic acids is 1. The summed E-state index contributed by atoms with van der Waals surface area (Å²) >= 11 is 5.49. The minimum absolute atomic E-state index is 0.237. The highest BCUT2D eigenvalue weighted by atomic mass is 35.5. The molecule has 11 heavy (non-hydrogen) atoms. The molecular weight excluding hydrogens is 168 g/mol. The highest BCUT2D eigenvalue weighted by Gasteiger charge is 2.22. The Morgan fingerprint density at radius 1 is 1.45 bits per heavy atom. The second kappa shape index (κ2) is 4.34. The summed E-state index contributed by atoms with van der Waals surface area (Å²) in [6.45, 7) is 3.76. The van der Waals surface area contributed by atoms with Crippen molar-refractivity contribution < 1.29 is 14.7 Å². The van der Waals surface area contributed by atoms with Gasteiger partial charge in [0.25, 0.3) is 5.78 Å². The van der Waals surface area contributed by atoms with E-state index in [9.17, 15) is 9.59 Å². The normalized spacial score (nSPS) is 13.1. The number of halogens is 1. The molecule has 0 saturated heterocycles. The van der Waals surface area contributed by atoms with Gasteiger partial charge in [0.2, 0.25) is 0 Å². The molecule has 4 heteroatoms. The fraction of sp³-hybridized carbons (Fsp3) is 0.714. The van der Waals surface area contributed by atoms with Gasteiger partial charge < -0.3 is 5.11 Å². The number of ketones is 1. The highest BCUT2D eigenvalue weighted by molar-refractivity contribution is 6.47. The number of hydrogen-bond acceptors (Lipinski definition) is 2. The lowest BCUT2D eigenvalue weighted by Gasteiger charge is -2.07. The molecule has 0 aliphatic rings. The van der Waals surface area contributed by atoms with Gasteiger partial charge in [0.15, 0.2) is 0 Å². The maximum Gasteiger partial charge on any atom is 0.373 e. The standard InChI is InChI=1S/C7H11ClO3/c1-4(2)3-5(8)6(9)7(10)11/h4-5H,3H2,1-2H3,(H,10,11). The third-order valence-electron chi connectivity index (χ3n) is 1.17. The third-order valence-corrected chi connectivity index (χ3v) is 1.55. The molecule has 0 aromatic carbocycles. The fourth-order valence-corrected chi connectivity index (χ4v) is 1.10. The van der Waals surface area contributed by atoms with Crippen LogP contribution in [-0.2, 0) is 9.59 Å². The summed E-state index contributed by atoms with van der Waals surface area (Å²) in [7, 11) is 0. The number of hydrogen-bond donors (Lipinski definition) is 1. The van der Waals surface area contributed by atoms with Crippen molar-refractivity contribution in [2.24, 2.45) is 5.92 Å². The largest absolute Gasteiger partial charge is 0.475 e. The van der Waals surface area contributed by atoms with Gasteiger partial charge in [-0.15, -0.1) is 11.6 Å². The molecule has 0 fully saturated rings. The summed E-state index contributed by atoms with van der Waals surface area (Å²) in [5, 5.41) is 7.35. The third kappa shape index (κ3) is 3.98. The van der Waals surface area contributed by atoms with Crippen LogP contribution in [0.1, 0.15) is 20.3 Å². The molecule has 0 aliphatic heterocycles. The van der Waals surface area contributed by atoms with Gasteiger partial charge in [-0.3, -0.25) is 4.79 Å². The molecule has 1 unspecified atom stereocenters. The van der Waals surface area contributed by atoms with Gasteiger partial charge in [0.1, 0.15) is 5.38 Å². The first kappa shape index (κ1) is 10.4. The molecule has 0 aliphatic carbocycles. The maximum atomic E-state index is 10.6. The van der Waals surface area contributed by atoms with Gasteiger partial charge in [0, 0.05) is 0 Å². The average molecular weight is 179 g/mol. The number of carboxylic acid groups (broad SMARTS) is 1. The quantitative estimate of drug-likeness (QED) is 0.522. The second-order valence-corrected chi connectivity index (χ2v) is 3.29. The molecule has 64 valence electrons. The Balaban J connectivity index is 3.93. The lowest BCUT2D eigenvalue weighted by molar-refractivity contribution is -0.149. The van der Waals surface area contributed by atoms with Crippen molar-refractivity contribution in [2.75, 3.05) is 0 Å². The van der Waals surface area contributed by atoms with E-state index in [1.54, 1.807) is 0 Å². The van der Waals surface area contributed by atoms with Crippen molar-refractivity contribution in [3.63, 3.8) is 0 Å². The Bertz CT molecular complexity index is 165. The predicted molar refractivity (Wildman–Crippen MR) is 41.7 cm³/mol. The predicted octanol–water partition coefficient (Wildman–Crippen LogP) is 1.29. The smallest absolute Gasteiger partial charge is 0.373 e. The minimum Gasteiger partial charge on any atom is -0.475 e. The topological polar surface area (TPSA) is 54.4 Å². The molecule has 0 aromatic rings. The molecule has 3 nitrogen and oxygen atoms in total. The molecule has 0 saturated carbocycles. The van der Waals surface area contributed by atoms with Crippen LogP contribution in [0, 0.1) is 5.92 Å². The number of carbonyl (C=O) groups is 2. The summed E-state index contributed by atoms with van der Waals surface area (Å²) in [5.74, 6) is -2.13. The van der Waals surface area contributed by atoms with Gasteiger partial charge in [-0.25, -0.2) is 4.79 Å². The van der Waals surface area contributed by atoms with Crippen molar-refractivity contribution in [3.05, 3.63) is 0 Å². The van der Waals surface area contributed by atoms with Crippen molar-refractivity contribution in [1.29, 1.82) is 0 Å². The SMILES string of the molecule is CC(C)CC(Cl)C(=O)C(=O)O. The Morgan fingerprint density at radius 2 is 1.91 bits per heavy atom. The first-order valence-electron chi connectivity index (χ1n) is 3.36. The molecule has 1 atom stereocenters. The van der Waals surface area contributed by atoms with E-state index < -0.39 is 17.1 Å². The van der Waals surface area contributed by atoms with Gasteiger partial charge >= 0.3 is 5.97 Å². The fourth-order valence-electron chi connectivity index (χ4n) is 0.655. The molecule has 0 bridgehead atoms. The van der Waals surface area contributed by atoms with E-state index in [0.29, 0.717) is 6.42 Å². The van der Waals surface area contributed by atoms with Crippen LogP contribution in [0.3, 0.4) is 0 Å². The van der Waals surface area contributed by atoms with Crippen LogP contribution < -0.4 is 0 Å². The summed E-state index contributed by atoms with van der Waals surface area (Å²) in [6, 6.07) is 0. The lowest BCUT2D eigenvalue weighted by atomic mass is 10.1. The van der Waals surface area contributed by atoms with Crippen LogP contribution in [0.25, 0.3) is 0 Å². The molecule has 0 spiro atoms. The van der Waals surface area contributed by atoms with E-state index in [0.717, 1.165) is 0 Å². The van der Waals surface area contributed by atoms with Crippen molar-refractivity contribution >= 4 is 23.4 Å². The number of alkyl halides is 1. The zero-order valence-electron chi connectivity index (χ0n) is 6.50. The average Bonchev–Trinajstić information content (AvgIpc) is 1.84. The number of carboxylic acids is 1. The van der Waals surface area contributed by atoms with E-state index in [1.165, 1.54) is 0 Å². The van der Waals surface area contributed by atoms with Crippen LogP contribution in [0.4, 0.5) is 0 Å². The van der Waals surface area contributed by atoms with E-state index in [2.05, 4.69) is 0 Å². The lowest BCUT2D eigenvalue weighted by Crippen LogP contribution is -2.24.